The zero-order valence-corrected chi connectivity index (χ0v) is 13.6. The minimum atomic E-state index is -0.895. The van der Waals surface area contributed by atoms with Gasteiger partial charge >= 0.3 is 6.03 Å². The molecule has 1 aromatic rings. The van der Waals surface area contributed by atoms with Gasteiger partial charge in [-0.05, 0) is 55.4 Å². The molecule has 2 fully saturated rings. The smallest absolute Gasteiger partial charge is 0.325 e. The van der Waals surface area contributed by atoms with Crippen LogP contribution in [0.3, 0.4) is 0 Å². The summed E-state index contributed by atoms with van der Waals surface area (Å²) in [5, 5.41) is 3.59. The Hall–Kier alpha value is -1.59. The highest BCUT2D eigenvalue weighted by Gasteiger charge is 2.55. The summed E-state index contributed by atoms with van der Waals surface area (Å²) < 4.78 is 5.59. The van der Waals surface area contributed by atoms with Crippen LogP contribution in [0.15, 0.2) is 18.2 Å². The number of carbonyl (C=O) groups excluding carboxylic acids is 2. The Labute approximate surface area is 139 Å². The van der Waals surface area contributed by atoms with Gasteiger partial charge in [0, 0.05) is 18.2 Å². The van der Waals surface area contributed by atoms with Gasteiger partial charge in [-0.1, -0.05) is 17.7 Å². The maximum absolute atomic E-state index is 13.0. The summed E-state index contributed by atoms with van der Waals surface area (Å²) in [6.07, 6.45) is 4.30. The van der Waals surface area contributed by atoms with E-state index < -0.39 is 5.54 Å². The summed E-state index contributed by atoms with van der Waals surface area (Å²) in [5.74, 6) is -0.137. The predicted octanol–water partition coefficient (Wildman–Crippen LogP) is 2.60. The molecular formula is C17H19ClN2O3. The Morgan fingerprint density at radius 1 is 1.39 bits per heavy atom. The molecule has 2 saturated heterocycles. The zero-order valence-electron chi connectivity index (χ0n) is 12.8. The van der Waals surface area contributed by atoms with Crippen molar-refractivity contribution in [1.82, 2.24) is 10.2 Å². The summed E-state index contributed by atoms with van der Waals surface area (Å²) in [6, 6.07) is 5.24. The van der Waals surface area contributed by atoms with E-state index in [1.54, 1.807) is 6.07 Å². The summed E-state index contributed by atoms with van der Waals surface area (Å²) in [7, 11) is 0. The minimum absolute atomic E-state index is 0.137. The highest BCUT2D eigenvalue weighted by atomic mass is 35.5. The van der Waals surface area contributed by atoms with Crippen molar-refractivity contribution in [3.8, 4) is 0 Å². The molecule has 122 valence electrons. The molecule has 2 heterocycles. The Kier molecular flexibility index (Phi) is 3.58. The quantitative estimate of drug-likeness (QED) is 0.864. The molecule has 0 saturated carbocycles. The second kappa shape index (κ2) is 5.49. The molecule has 0 radical (unpaired) electrons. The van der Waals surface area contributed by atoms with Crippen LogP contribution in [0.5, 0.6) is 0 Å². The molecule has 0 aromatic heterocycles. The van der Waals surface area contributed by atoms with Crippen LogP contribution in [0, 0.1) is 0 Å². The van der Waals surface area contributed by atoms with Crippen LogP contribution in [-0.2, 0) is 21.5 Å². The number of hydrogen-bond acceptors (Lipinski definition) is 3. The monoisotopic (exact) mass is 334 g/mol. The maximum Gasteiger partial charge on any atom is 0.325 e. The van der Waals surface area contributed by atoms with E-state index in [4.69, 9.17) is 16.3 Å². The molecule has 0 bridgehead atoms. The third kappa shape index (κ3) is 2.34. The second-order valence-corrected chi connectivity index (χ2v) is 6.95. The first kappa shape index (κ1) is 15.0. The molecule has 1 aromatic carbocycles. The number of amides is 3. The Balaban J connectivity index is 1.56. The zero-order chi connectivity index (χ0) is 16.0. The van der Waals surface area contributed by atoms with Gasteiger partial charge in [-0.2, -0.15) is 0 Å². The van der Waals surface area contributed by atoms with Gasteiger partial charge in [0.1, 0.15) is 5.54 Å². The van der Waals surface area contributed by atoms with Gasteiger partial charge in [0.2, 0.25) is 0 Å². The number of hydrogen-bond donors (Lipinski definition) is 1. The van der Waals surface area contributed by atoms with E-state index in [-0.39, 0.29) is 18.0 Å². The number of benzene rings is 1. The fourth-order valence-corrected chi connectivity index (χ4v) is 4.16. The lowest BCUT2D eigenvalue weighted by Crippen LogP contribution is -2.42. The first-order valence-corrected chi connectivity index (χ1v) is 8.52. The average Bonchev–Trinajstić information content (AvgIpc) is 3.20. The third-order valence-corrected chi connectivity index (χ3v) is 5.41. The molecule has 1 N–H and O–H groups in total. The predicted molar refractivity (Wildman–Crippen MR) is 85.3 cm³/mol. The van der Waals surface area contributed by atoms with E-state index in [9.17, 15) is 9.59 Å². The minimum Gasteiger partial charge on any atom is -0.378 e. The summed E-state index contributed by atoms with van der Waals surface area (Å²) >= 11 is 6.04. The standard InChI is InChI=1S/C17H19ClN2O3/c18-12-3-4-14-11(10-12)5-7-17(14)15(21)20(16(22)19-17)8-6-13-2-1-9-23-13/h3-4,10,13H,1-2,5-9H2,(H,19,22)/t13-,17-/m1/s1. The Bertz CT molecular complexity index is 672. The van der Waals surface area contributed by atoms with Gasteiger partial charge in [-0.3, -0.25) is 9.69 Å². The number of nitrogens with zero attached hydrogens (tertiary/aromatic N) is 1. The number of nitrogens with one attached hydrogen (secondary N) is 1. The first-order chi connectivity index (χ1) is 11.1. The van der Waals surface area contributed by atoms with Gasteiger partial charge in [0.25, 0.3) is 5.91 Å². The average molecular weight is 335 g/mol. The Morgan fingerprint density at radius 3 is 3.04 bits per heavy atom. The number of ether oxygens (including phenoxy) is 1. The molecule has 3 amide bonds. The fraction of sp³-hybridized carbons (Fsp3) is 0.529. The lowest BCUT2D eigenvalue weighted by molar-refractivity contribution is -0.131. The van der Waals surface area contributed by atoms with Crippen molar-refractivity contribution in [2.45, 2.75) is 43.7 Å². The van der Waals surface area contributed by atoms with E-state index >= 15 is 0 Å². The first-order valence-electron chi connectivity index (χ1n) is 8.15. The molecule has 2 atom stereocenters. The Morgan fingerprint density at radius 2 is 2.26 bits per heavy atom. The topological polar surface area (TPSA) is 58.6 Å². The highest BCUT2D eigenvalue weighted by molar-refractivity contribution is 6.30. The van der Waals surface area contributed by atoms with Crippen LogP contribution in [0.25, 0.3) is 0 Å². The van der Waals surface area contributed by atoms with Gasteiger partial charge in [0.15, 0.2) is 0 Å². The summed E-state index contributed by atoms with van der Waals surface area (Å²) in [5.41, 5.74) is 1.04. The second-order valence-electron chi connectivity index (χ2n) is 6.52. The van der Waals surface area contributed by atoms with Crippen LogP contribution < -0.4 is 5.32 Å². The lowest BCUT2D eigenvalue weighted by atomic mass is 9.92. The number of carbonyl (C=O) groups is 2. The summed E-state index contributed by atoms with van der Waals surface area (Å²) in [4.78, 5) is 26.7. The number of aryl methyl sites for hydroxylation is 1. The van der Waals surface area contributed by atoms with Crippen molar-refractivity contribution in [2.24, 2.45) is 0 Å². The van der Waals surface area contributed by atoms with E-state index in [1.807, 2.05) is 12.1 Å². The summed E-state index contributed by atoms with van der Waals surface area (Å²) in [6.45, 7) is 1.20. The highest BCUT2D eigenvalue weighted by Crippen LogP contribution is 2.42. The number of urea groups is 1. The normalized spacial score (nSPS) is 29.4. The molecule has 2 aliphatic heterocycles. The van der Waals surface area contributed by atoms with Gasteiger partial charge in [-0.25, -0.2) is 4.79 Å². The lowest BCUT2D eigenvalue weighted by Gasteiger charge is -2.22. The third-order valence-electron chi connectivity index (χ3n) is 5.17. The van der Waals surface area contributed by atoms with Crippen molar-refractivity contribution >= 4 is 23.5 Å². The van der Waals surface area contributed by atoms with E-state index in [0.717, 1.165) is 37.0 Å². The van der Waals surface area contributed by atoms with Crippen molar-refractivity contribution in [3.05, 3.63) is 34.3 Å². The van der Waals surface area contributed by atoms with Gasteiger partial charge in [0.05, 0.1) is 6.10 Å². The van der Waals surface area contributed by atoms with Crippen molar-refractivity contribution in [3.63, 3.8) is 0 Å². The van der Waals surface area contributed by atoms with Gasteiger partial charge < -0.3 is 10.1 Å². The fourth-order valence-electron chi connectivity index (χ4n) is 3.97. The SMILES string of the molecule is O=C1N[C@@]2(CCc3cc(Cl)ccc32)C(=O)N1CC[C@H]1CCCO1. The molecule has 1 aliphatic carbocycles. The number of imide groups is 1. The maximum atomic E-state index is 13.0. The molecule has 5 nitrogen and oxygen atoms in total. The van der Waals surface area contributed by atoms with Crippen LogP contribution >= 0.6 is 11.6 Å². The largest absolute Gasteiger partial charge is 0.378 e. The van der Waals surface area contributed by atoms with Crippen LogP contribution in [-0.4, -0.2) is 36.1 Å². The molecular weight excluding hydrogens is 316 g/mol. The van der Waals surface area contributed by atoms with Crippen LogP contribution in [0.1, 0.15) is 36.8 Å². The van der Waals surface area contributed by atoms with Crippen molar-refractivity contribution < 1.29 is 14.3 Å². The molecule has 4 rings (SSSR count). The molecule has 1 spiro atoms. The molecule has 3 aliphatic rings. The number of rotatable bonds is 3. The van der Waals surface area contributed by atoms with Gasteiger partial charge in [-0.15, -0.1) is 0 Å². The van der Waals surface area contributed by atoms with Crippen molar-refractivity contribution in [1.29, 1.82) is 0 Å². The molecule has 0 unspecified atom stereocenters. The van der Waals surface area contributed by atoms with Crippen molar-refractivity contribution in [2.75, 3.05) is 13.2 Å². The number of halogens is 1. The molecule has 6 heteroatoms. The number of fused-ring (bicyclic) bond motifs is 2. The van der Waals surface area contributed by atoms with E-state index in [2.05, 4.69) is 5.32 Å². The van der Waals surface area contributed by atoms with E-state index in [1.165, 1.54) is 4.90 Å². The van der Waals surface area contributed by atoms with Crippen LogP contribution in [0.4, 0.5) is 4.79 Å². The van der Waals surface area contributed by atoms with Crippen LogP contribution in [0.2, 0.25) is 5.02 Å². The molecule has 23 heavy (non-hydrogen) atoms. The van der Waals surface area contributed by atoms with E-state index in [0.29, 0.717) is 24.4 Å².